The van der Waals surface area contributed by atoms with Crippen LogP contribution in [0.1, 0.15) is 51.4 Å². The van der Waals surface area contributed by atoms with E-state index in [1.165, 1.54) is 41.7 Å². The molecule has 2 aliphatic rings. The monoisotopic (exact) mass is 311 g/mol. The van der Waals surface area contributed by atoms with E-state index in [1.807, 2.05) is 6.07 Å². The molecule has 1 amide bonds. The number of carbonyl (C=O) groups is 1. The molecule has 22 heavy (non-hydrogen) atoms. The molecule has 0 unspecified atom stereocenters. The third-order valence-corrected chi connectivity index (χ3v) is 6.28. The van der Waals surface area contributed by atoms with Crippen LogP contribution in [-0.4, -0.2) is 12.5 Å². The number of amides is 1. The van der Waals surface area contributed by atoms with E-state index in [9.17, 15) is 4.79 Å². The second kappa shape index (κ2) is 5.54. The topological polar surface area (TPSA) is 29.1 Å². The molecule has 4 rings (SSSR count). The summed E-state index contributed by atoms with van der Waals surface area (Å²) in [7, 11) is 0. The number of hydrogen-bond donors (Lipinski definition) is 1. The van der Waals surface area contributed by atoms with Crippen molar-refractivity contribution >= 4 is 17.2 Å². The lowest BCUT2D eigenvalue weighted by Gasteiger charge is -2.16. The molecule has 0 saturated heterocycles. The maximum Gasteiger partial charge on any atom is 0.261 e. The van der Waals surface area contributed by atoms with E-state index in [4.69, 9.17) is 0 Å². The summed E-state index contributed by atoms with van der Waals surface area (Å²) in [6.45, 7) is 0.762. The van der Waals surface area contributed by atoms with Gasteiger partial charge in [0.15, 0.2) is 0 Å². The molecular weight excluding hydrogens is 290 g/mol. The molecule has 1 N–H and O–H groups in total. The minimum absolute atomic E-state index is 0.113. The number of fused-ring (bicyclic) bond motifs is 1. The molecular formula is C19H21NOS. The Balaban J connectivity index is 1.44. The Morgan fingerprint density at radius 2 is 1.91 bits per heavy atom. The Morgan fingerprint density at radius 1 is 1.14 bits per heavy atom. The van der Waals surface area contributed by atoms with Crippen LogP contribution in [0.4, 0.5) is 0 Å². The molecule has 1 saturated carbocycles. The Bertz CT molecular complexity index is 661. The SMILES string of the molecule is O=C(NCC1(c2ccccc2)CC1)c1cc2c(s1)CCCC2. The normalized spacial score (nSPS) is 18.5. The van der Waals surface area contributed by atoms with Gasteiger partial charge in [0, 0.05) is 16.8 Å². The van der Waals surface area contributed by atoms with E-state index in [2.05, 4.69) is 35.6 Å². The van der Waals surface area contributed by atoms with Gasteiger partial charge in [-0.1, -0.05) is 30.3 Å². The summed E-state index contributed by atoms with van der Waals surface area (Å²) in [6, 6.07) is 12.7. The Kier molecular flexibility index (Phi) is 3.53. The van der Waals surface area contributed by atoms with E-state index in [1.54, 1.807) is 11.3 Å². The van der Waals surface area contributed by atoms with E-state index >= 15 is 0 Å². The molecule has 114 valence electrons. The molecule has 2 aromatic rings. The van der Waals surface area contributed by atoms with Gasteiger partial charge >= 0.3 is 0 Å². The van der Waals surface area contributed by atoms with E-state index < -0.39 is 0 Å². The highest BCUT2D eigenvalue weighted by Gasteiger charge is 2.44. The molecule has 0 spiro atoms. The summed E-state index contributed by atoms with van der Waals surface area (Å²) in [6.07, 6.45) is 7.19. The first-order chi connectivity index (χ1) is 10.8. The lowest BCUT2D eigenvalue weighted by molar-refractivity contribution is 0.0953. The number of hydrogen-bond acceptors (Lipinski definition) is 2. The van der Waals surface area contributed by atoms with Gasteiger partial charge in [-0.05, 0) is 55.7 Å². The average molecular weight is 311 g/mol. The van der Waals surface area contributed by atoms with Crippen LogP contribution < -0.4 is 5.32 Å². The highest BCUT2D eigenvalue weighted by molar-refractivity contribution is 7.14. The lowest BCUT2D eigenvalue weighted by atomic mass is 9.96. The first kappa shape index (κ1) is 14.0. The quantitative estimate of drug-likeness (QED) is 0.905. The van der Waals surface area contributed by atoms with Gasteiger partial charge in [-0.2, -0.15) is 0 Å². The fourth-order valence-corrected chi connectivity index (χ4v) is 4.62. The third kappa shape index (κ3) is 2.58. The first-order valence-electron chi connectivity index (χ1n) is 8.22. The second-order valence-corrected chi connectivity index (χ2v) is 7.73. The van der Waals surface area contributed by atoms with E-state index in [0.717, 1.165) is 24.3 Å². The van der Waals surface area contributed by atoms with E-state index in [-0.39, 0.29) is 11.3 Å². The van der Waals surface area contributed by atoms with Gasteiger partial charge in [0.05, 0.1) is 4.88 Å². The number of rotatable bonds is 4. The summed E-state index contributed by atoms with van der Waals surface area (Å²) in [4.78, 5) is 14.8. The van der Waals surface area contributed by atoms with Crippen molar-refractivity contribution in [2.75, 3.05) is 6.54 Å². The largest absolute Gasteiger partial charge is 0.350 e. The van der Waals surface area contributed by atoms with Gasteiger partial charge in [-0.3, -0.25) is 4.79 Å². The molecule has 1 heterocycles. The van der Waals surface area contributed by atoms with Crippen molar-refractivity contribution in [2.45, 2.75) is 43.9 Å². The number of thiophene rings is 1. The Hall–Kier alpha value is -1.61. The van der Waals surface area contributed by atoms with Crippen LogP contribution in [0.3, 0.4) is 0 Å². The zero-order chi connectivity index (χ0) is 15.0. The minimum Gasteiger partial charge on any atom is -0.350 e. The van der Waals surface area contributed by atoms with Crippen molar-refractivity contribution in [3.05, 3.63) is 57.3 Å². The van der Waals surface area contributed by atoms with Crippen LogP contribution in [0, 0.1) is 0 Å². The minimum atomic E-state index is 0.113. The molecule has 0 bridgehead atoms. The molecule has 1 aromatic heterocycles. The summed E-state index contributed by atoms with van der Waals surface area (Å²) in [5.74, 6) is 0.113. The maximum atomic E-state index is 12.5. The summed E-state index contributed by atoms with van der Waals surface area (Å²) in [5.41, 5.74) is 2.96. The van der Waals surface area contributed by atoms with Gasteiger partial charge in [0.2, 0.25) is 0 Å². The van der Waals surface area contributed by atoms with Gasteiger partial charge in [-0.15, -0.1) is 11.3 Å². The number of aryl methyl sites for hydroxylation is 2. The van der Waals surface area contributed by atoms with Gasteiger partial charge in [-0.25, -0.2) is 0 Å². The number of nitrogens with one attached hydrogen (secondary N) is 1. The van der Waals surface area contributed by atoms with Gasteiger partial charge in [0.1, 0.15) is 0 Å². The Morgan fingerprint density at radius 3 is 2.64 bits per heavy atom. The van der Waals surface area contributed by atoms with E-state index in [0.29, 0.717) is 0 Å². The molecule has 3 heteroatoms. The lowest BCUT2D eigenvalue weighted by Crippen LogP contribution is -2.31. The Labute approximate surface area is 135 Å². The predicted octanol–water partition coefficient (Wildman–Crippen LogP) is 4.09. The van der Waals surface area contributed by atoms with Crippen molar-refractivity contribution in [2.24, 2.45) is 0 Å². The first-order valence-corrected chi connectivity index (χ1v) is 9.04. The summed E-state index contributed by atoms with van der Waals surface area (Å²) in [5, 5.41) is 3.18. The van der Waals surface area contributed by atoms with Gasteiger partial charge < -0.3 is 5.32 Å². The fraction of sp³-hybridized carbons (Fsp3) is 0.421. The number of benzene rings is 1. The molecule has 0 aliphatic heterocycles. The van der Waals surface area contributed by atoms with Crippen LogP contribution in [-0.2, 0) is 18.3 Å². The van der Waals surface area contributed by atoms with Crippen LogP contribution in [0.2, 0.25) is 0 Å². The zero-order valence-corrected chi connectivity index (χ0v) is 13.5. The van der Waals surface area contributed by atoms with Crippen LogP contribution in [0.5, 0.6) is 0 Å². The van der Waals surface area contributed by atoms with Crippen LogP contribution >= 0.6 is 11.3 Å². The molecule has 0 radical (unpaired) electrons. The predicted molar refractivity (Wildman–Crippen MR) is 90.6 cm³/mol. The fourth-order valence-electron chi connectivity index (χ4n) is 3.45. The van der Waals surface area contributed by atoms with Crippen LogP contribution in [0.25, 0.3) is 0 Å². The smallest absolute Gasteiger partial charge is 0.261 e. The molecule has 0 atom stereocenters. The van der Waals surface area contributed by atoms with Crippen molar-refractivity contribution in [1.82, 2.24) is 5.32 Å². The summed E-state index contributed by atoms with van der Waals surface area (Å²) >= 11 is 1.70. The zero-order valence-electron chi connectivity index (χ0n) is 12.7. The van der Waals surface area contributed by atoms with Crippen LogP contribution in [0.15, 0.2) is 36.4 Å². The molecule has 2 nitrogen and oxygen atoms in total. The van der Waals surface area contributed by atoms with Crippen molar-refractivity contribution in [3.63, 3.8) is 0 Å². The summed E-state index contributed by atoms with van der Waals surface area (Å²) < 4.78 is 0. The molecule has 1 aromatic carbocycles. The third-order valence-electron chi connectivity index (χ3n) is 5.05. The van der Waals surface area contributed by atoms with Gasteiger partial charge in [0.25, 0.3) is 5.91 Å². The average Bonchev–Trinajstić information content (AvgIpc) is 3.24. The van der Waals surface area contributed by atoms with Crippen molar-refractivity contribution < 1.29 is 4.79 Å². The standard InChI is InChI=1S/C19H21NOS/c21-18(17-12-14-6-4-5-9-16(14)22-17)20-13-19(10-11-19)15-7-2-1-3-8-15/h1-3,7-8,12H,4-6,9-11,13H2,(H,20,21). The highest BCUT2D eigenvalue weighted by Crippen LogP contribution is 2.47. The molecule has 2 aliphatic carbocycles. The number of carbonyl (C=O) groups excluding carboxylic acids is 1. The second-order valence-electron chi connectivity index (χ2n) is 6.60. The van der Waals surface area contributed by atoms with Crippen molar-refractivity contribution in [3.8, 4) is 0 Å². The maximum absolute atomic E-state index is 12.5. The van der Waals surface area contributed by atoms with Crippen molar-refractivity contribution in [1.29, 1.82) is 0 Å². The molecule has 1 fully saturated rings. The highest BCUT2D eigenvalue weighted by atomic mass is 32.1.